The molecule has 8 N–H and O–H groups in total. The van der Waals surface area contributed by atoms with Gasteiger partial charge in [0.05, 0.1) is 29.6 Å². The Morgan fingerprint density at radius 1 is 0.580 bits per heavy atom. The van der Waals surface area contributed by atoms with Crippen LogP contribution in [0.5, 0.6) is 0 Å². The van der Waals surface area contributed by atoms with Gasteiger partial charge in [-0.25, -0.2) is 0 Å². The third kappa shape index (κ3) is 22.9. The van der Waals surface area contributed by atoms with E-state index in [0.29, 0.717) is 48.0 Å². The molecule has 11 atom stereocenters. The SMILES string of the molecule is CCC[C@@H]1NC(=O)[C@H](Cc2cccc3ccccc23)NC(=O)[C@H]([C@@H](C)O)NC(=O)[C@@H]2CCCN2C(=O)[C@H](Cc2ccccc2)CC(=O)[C@H](C(C)C)NC(=O)CCSCc2cccc(c2)CSCCNC(=O)[C@H](C)NC(=O)[C@](C)(C(C)C)CC(=O)[C@H](Cc2ccccc2)NC(=O)[C@H](C)CC1=O. The van der Waals surface area contributed by atoms with E-state index in [1.165, 1.54) is 11.8 Å². The van der Waals surface area contributed by atoms with Crippen molar-refractivity contribution in [2.45, 2.75) is 193 Å². The lowest BCUT2D eigenvalue weighted by molar-refractivity contribution is -0.144. The molecule has 2 heterocycles. The number of ketones is 3. The number of amides is 8. The summed E-state index contributed by atoms with van der Waals surface area (Å²) in [6.07, 6.45) is -0.998. The third-order valence-corrected chi connectivity index (χ3v) is 21.2. The number of carbonyl (C=O) groups excluding carboxylic acids is 11. The van der Waals surface area contributed by atoms with Crippen LogP contribution in [-0.4, -0.2) is 148 Å². The van der Waals surface area contributed by atoms with E-state index in [1.807, 2.05) is 138 Å². The van der Waals surface area contributed by atoms with Crippen molar-refractivity contribution in [3.05, 3.63) is 155 Å². The first-order valence-corrected chi connectivity index (χ1v) is 37.5. The maximum atomic E-state index is 15.0. The van der Waals surface area contributed by atoms with E-state index in [-0.39, 0.29) is 81.9 Å². The van der Waals surface area contributed by atoms with E-state index in [2.05, 4.69) is 43.3 Å². The molecule has 2 aliphatic heterocycles. The number of aliphatic hydroxyl groups excluding tert-OH is 1. The van der Waals surface area contributed by atoms with Crippen LogP contribution < -0.4 is 37.2 Å². The number of aliphatic hydroxyl groups is 1. The Morgan fingerprint density at radius 3 is 1.84 bits per heavy atom. The zero-order valence-corrected chi connectivity index (χ0v) is 60.9. The maximum Gasteiger partial charge on any atom is 0.245 e. The molecule has 0 aliphatic carbocycles. The highest BCUT2D eigenvalue weighted by Crippen LogP contribution is 2.34. The zero-order valence-electron chi connectivity index (χ0n) is 59.3. The molecule has 5 aromatic carbocycles. The molecule has 100 heavy (non-hydrogen) atoms. The molecule has 5 aromatic rings. The van der Waals surface area contributed by atoms with Crippen molar-refractivity contribution in [1.82, 2.24) is 42.1 Å². The molecule has 0 aromatic heterocycles. The largest absolute Gasteiger partial charge is 0.391 e. The summed E-state index contributed by atoms with van der Waals surface area (Å²) in [5.74, 6) is -6.36. The Bertz CT molecular complexity index is 3640. The summed E-state index contributed by atoms with van der Waals surface area (Å²) in [5.41, 5.74) is 2.98. The Balaban J connectivity index is 1.17. The van der Waals surface area contributed by atoms with Gasteiger partial charge < -0.3 is 47.2 Å². The van der Waals surface area contributed by atoms with E-state index in [9.17, 15) is 53.1 Å². The number of hydrogen-bond donors (Lipinski definition) is 8. The number of thioether (sulfide) groups is 2. The molecule has 7 rings (SSSR count). The van der Waals surface area contributed by atoms with Gasteiger partial charge in [-0.05, 0) is 96.4 Å². The average Bonchev–Trinajstić information content (AvgIpc) is 1.22. The lowest BCUT2D eigenvalue weighted by Gasteiger charge is -2.34. The van der Waals surface area contributed by atoms with Crippen LogP contribution in [-0.2, 0) is 83.5 Å². The highest BCUT2D eigenvalue weighted by molar-refractivity contribution is 7.98. The van der Waals surface area contributed by atoms with Gasteiger partial charge in [0.1, 0.15) is 24.2 Å². The molecule has 22 heteroatoms. The Hall–Kier alpha value is -8.21. The zero-order chi connectivity index (χ0) is 72.6. The second-order valence-corrected chi connectivity index (χ2v) is 29.9. The number of fused-ring (bicyclic) bond motifs is 4. The Morgan fingerprint density at radius 2 is 1.19 bits per heavy atom. The van der Waals surface area contributed by atoms with Gasteiger partial charge in [-0.3, -0.25) is 52.7 Å². The summed E-state index contributed by atoms with van der Waals surface area (Å²) in [6.45, 7) is 15.7. The summed E-state index contributed by atoms with van der Waals surface area (Å²) in [7, 11) is 0. The summed E-state index contributed by atoms with van der Waals surface area (Å²) < 4.78 is 0. The van der Waals surface area contributed by atoms with Crippen molar-refractivity contribution in [1.29, 1.82) is 0 Å². The van der Waals surface area contributed by atoms with Crippen LogP contribution in [0.2, 0.25) is 0 Å². The van der Waals surface area contributed by atoms with E-state index in [0.717, 1.165) is 33.0 Å². The standard InChI is InChI=1S/C78H102N8O12S2/c1-10-22-61-65(88)39-50(6)71(92)82-62(42-54-25-15-12-16-26-54)67(90)45-78(9,49(4)5)77(98)80-51(7)72(93)79-35-38-100-47-56-28-19-27-55(40-56)46-99-37-34-68(91)84-69(48(2)3)66(89)44-59(41-53-23-13-11-14-24-53)76(97)86-36-21-33-64(86)74(95)85-70(52(8)87)75(96)83-63(73(94)81-61)43-58-31-20-30-57-29-17-18-32-60(57)58/h11-20,23-32,40,48-52,59,61-64,69-70,87H,10,21-22,33-39,41-47H2,1-9H3,(H,79,93)(H,80,98)(H,81,94)(H,82,92)(H,83,96)(H,84,91)(H,85,95)/t50-,51+,52-,59-,61+,62+,63+,64+,69+,70+,78+/m1/s1. The molecule has 1 saturated heterocycles. The Kier molecular flexibility index (Phi) is 30.5. The van der Waals surface area contributed by atoms with Crippen LogP contribution in [0.3, 0.4) is 0 Å². The second-order valence-electron chi connectivity index (χ2n) is 27.7. The van der Waals surface area contributed by atoms with Crippen molar-refractivity contribution < 1.29 is 57.8 Å². The van der Waals surface area contributed by atoms with Gasteiger partial charge in [-0.1, -0.05) is 182 Å². The van der Waals surface area contributed by atoms with E-state index in [4.69, 9.17) is 0 Å². The number of nitrogens with one attached hydrogen (secondary N) is 7. The number of carbonyl (C=O) groups is 11. The molecular formula is C78H102N8O12S2. The first kappa shape index (κ1) is 79.1. The van der Waals surface area contributed by atoms with E-state index in [1.54, 1.807) is 62.5 Å². The fourth-order valence-electron chi connectivity index (χ4n) is 12.8. The van der Waals surface area contributed by atoms with E-state index >= 15 is 4.79 Å². The fourth-order valence-corrected chi connectivity index (χ4v) is 14.5. The molecule has 0 radical (unpaired) electrons. The third-order valence-electron chi connectivity index (χ3n) is 19.1. The van der Waals surface area contributed by atoms with E-state index < -0.39 is 124 Å². The van der Waals surface area contributed by atoms with Crippen LogP contribution in [0, 0.1) is 29.1 Å². The number of rotatable bonds is 11. The number of benzene rings is 5. The smallest absolute Gasteiger partial charge is 0.245 e. The minimum absolute atomic E-state index is 0.0683. The average molecular weight is 1410 g/mol. The molecule has 0 saturated carbocycles. The minimum Gasteiger partial charge on any atom is -0.391 e. The summed E-state index contributed by atoms with van der Waals surface area (Å²) in [6, 6.07) is 31.1. The first-order valence-electron chi connectivity index (χ1n) is 35.2. The predicted molar refractivity (Wildman–Crippen MR) is 392 cm³/mol. The monoisotopic (exact) mass is 1410 g/mol. The molecule has 8 amide bonds. The highest BCUT2D eigenvalue weighted by atomic mass is 32.2. The second kappa shape index (κ2) is 38.6. The lowest BCUT2D eigenvalue weighted by Crippen LogP contribution is -2.60. The van der Waals surface area contributed by atoms with Crippen molar-refractivity contribution in [2.75, 3.05) is 24.6 Å². The minimum atomic E-state index is -1.65. The first-order chi connectivity index (χ1) is 47.8. The molecular weight excluding hydrogens is 1310 g/mol. The van der Waals surface area contributed by atoms with Crippen molar-refractivity contribution in [3.8, 4) is 0 Å². The molecule has 0 unspecified atom stereocenters. The summed E-state index contributed by atoms with van der Waals surface area (Å²) in [5, 5.41) is 33.0. The molecule has 0 spiro atoms. The van der Waals surface area contributed by atoms with Crippen molar-refractivity contribution in [2.24, 2.45) is 29.1 Å². The topological polar surface area (TPSA) is 295 Å². The molecule has 2 aliphatic rings. The van der Waals surface area contributed by atoms with Gasteiger partial charge in [0, 0.05) is 80.0 Å². The molecule has 538 valence electrons. The van der Waals surface area contributed by atoms with Crippen molar-refractivity contribution in [3.63, 3.8) is 0 Å². The van der Waals surface area contributed by atoms with Crippen LogP contribution >= 0.6 is 23.5 Å². The van der Waals surface area contributed by atoms with Gasteiger partial charge in [0.25, 0.3) is 0 Å². The van der Waals surface area contributed by atoms with Crippen LogP contribution in [0.4, 0.5) is 0 Å². The van der Waals surface area contributed by atoms with Gasteiger partial charge >= 0.3 is 0 Å². The number of nitrogens with zero attached hydrogens (tertiary/aromatic N) is 1. The lowest BCUT2D eigenvalue weighted by atomic mass is 9.73. The fraction of sp³-hybridized carbons (Fsp3) is 0.500. The van der Waals surface area contributed by atoms with Gasteiger partial charge in [0.2, 0.25) is 47.3 Å². The van der Waals surface area contributed by atoms with Gasteiger partial charge in [-0.15, -0.1) is 0 Å². The molecule has 20 nitrogen and oxygen atoms in total. The number of hydrogen-bond acceptors (Lipinski definition) is 14. The maximum absolute atomic E-state index is 15.0. The van der Waals surface area contributed by atoms with Crippen molar-refractivity contribution >= 4 is 98.9 Å². The van der Waals surface area contributed by atoms with Crippen LogP contribution in [0.15, 0.2) is 127 Å². The quantitative estimate of drug-likeness (QED) is 0.0620. The number of Topliss-reactive ketones (excluding diaryl/α,β-unsaturated/α-hetero) is 3. The Labute approximate surface area is 597 Å². The van der Waals surface area contributed by atoms with Crippen LogP contribution in [0.1, 0.15) is 141 Å². The molecule has 2 bridgehead atoms. The van der Waals surface area contributed by atoms with Crippen LogP contribution in [0.25, 0.3) is 10.8 Å². The summed E-state index contributed by atoms with van der Waals surface area (Å²) in [4.78, 5) is 160. The van der Waals surface area contributed by atoms with Gasteiger partial charge in [0.15, 0.2) is 17.3 Å². The summed E-state index contributed by atoms with van der Waals surface area (Å²) >= 11 is 3.21. The normalized spacial score (nSPS) is 25.6. The molecule has 1 fully saturated rings. The highest BCUT2D eigenvalue weighted by Gasteiger charge is 2.44. The van der Waals surface area contributed by atoms with Gasteiger partial charge in [-0.2, -0.15) is 23.5 Å². The predicted octanol–water partition coefficient (Wildman–Crippen LogP) is 8.10.